The Morgan fingerprint density at radius 2 is 1.76 bits per heavy atom. The molecule has 0 aromatic heterocycles. The molecule has 184 valence electrons. The van der Waals surface area contributed by atoms with Crippen molar-refractivity contribution in [3.05, 3.63) is 29.8 Å². The number of hydrogen-bond donors (Lipinski definition) is 3. The average molecular weight is 494 g/mol. The first kappa shape index (κ1) is 25.2. The normalized spacial score (nSPS) is 30.6. The minimum atomic E-state index is -3.24. The number of rotatable bonds is 6. The Bertz CT molecular complexity index is 905. The van der Waals surface area contributed by atoms with Gasteiger partial charge < -0.3 is 0 Å². The van der Waals surface area contributed by atoms with E-state index in [1.54, 1.807) is 19.1 Å². The van der Waals surface area contributed by atoms with Gasteiger partial charge in [-0.2, -0.15) is 11.8 Å². The van der Waals surface area contributed by atoms with Gasteiger partial charge in [0.1, 0.15) is 5.78 Å². The predicted molar refractivity (Wildman–Crippen MR) is 135 cm³/mol. The molecule has 2 heterocycles. The highest BCUT2D eigenvalue weighted by Crippen LogP contribution is 2.40. The lowest BCUT2D eigenvalue weighted by Gasteiger charge is -2.53. The Balaban J connectivity index is 1.64. The topological polar surface area (TPSA) is 87.3 Å². The molecule has 1 aliphatic carbocycles. The molecule has 1 aromatic carbocycles. The Morgan fingerprint density at radius 3 is 2.33 bits per heavy atom. The standard InChI is InChI=1S/C25H39N3O3S2/c1-18(29)22-24(26-17-20-9-8-16-32-20)27-23(19-10-12-21(13-11-19)33(2,30)31)25(28-22)14-6-4-3-5-7-15-25/h10-13,20,22-24,26-28H,3-9,14-17H2,1-2H3. The van der Waals surface area contributed by atoms with E-state index in [0.29, 0.717) is 10.1 Å². The molecule has 1 saturated carbocycles. The summed E-state index contributed by atoms with van der Waals surface area (Å²) < 4.78 is 24.0. The summed E-state index contributed by atoms with van der Waals surface area (Å²) in [6.45, 7) is 2.58. The molecule has 4 atom stereocenters. The van der Waals surface area contributed by atoms with E-state index in [2.05, 4.69) is 16.0 Å². The highest BCUT2D eigenvalue weighted by Gasteiger charge is 2.48. The lowest BCUT2D eigenvalue weighted by atomic mass is 9.73. The van der Waals surface area contributed by atoms with Crippen LogP contribution >= 0.6 is 11.8 Å². The molecule has 3 fully saturated rings. The number of piperazine rings is 1. The maximum Gasteiger partial charge on any atom is 0.175 e. The van der Waals surface area contributed by atoms with Crippen LogP contribution in [0.25, 0.3) is 0 Å². The van der Waals surface area contributed by atoms with Crippen molar-refractivity contribution in [3.63, 3.8) is 0 Å². The van der Waals surface area contributed by atoms with Crippen LogP contribution in [0.1, 0.15) is 76.3 Å². The Morgan fingerprint density at radius 1 is 1.09 bits per heavy atom. The van der Waals surface area contributed by atoms with E-state index in [1.165, 1.54) is 44.1 Å². The van der Waals surface area contributed by atoms with Crippen LogP contribution in [0.15, 0.2) is 29.2 Å². The monoisotopic (exact) mass is 493 g/mol. The molecule has 0 amide bonds. The van der Waals surface area contributed by atoms with Crippen molar-refractivity contribution < 1.29 is 13.2 Å². The molecular formula is C25H39N3O3S2. The van der Waals surface area contributed by atoms with Crippen LogP contribution in [-0.4, -0.2) is 55.8 Å². The fourth-order valence-electron chi connectivity index (χ4n) is 5.78. The molecule has 0 radical (unpaired) electrons. The van der Waals surface area contributed by atoms with E-state index in [1.807, 2.05) is 23.9 Å². The zero-order valence-electron chi connectivity index (χ0n) is 19.9. The number of carbonyl (C=O) groups is 1. The van der Waals surface area contributed by atoms with E-state index in [4.69, 9.17) is 0 Å². The second-order valence-electron chi connectivity index (χ2n) is 10.1. The van der Waals surface area contributed by atoms with Crippen molar-refractivity contribution in [2.45, 2.75) is 98.6 Å². The molecule has 4 unspecified atom stereocenters. The van der Waals surface area contributed by atoms with Gasteiger partial charge in [-0.15, -0.1) is 0 Å². The number of nitrogens with one attached hydrogen (secondary N) is 3. The van der Waals surface area contributed by atoms with Gasteiger partial charge in [-0.1, -0.05) is 44.2 Å². The van der Waals surface area contributed by atoms with Gasteiger partial charge in [0.25, 0.3) is 0 Å². The van der Waals surface area contributed by atoms with E-state index < -0.39 is 9.84 Å². The van der Waals surface area contributed by atoms with Crippen molar-refractivity contribution in [1.29, 1.82) is 0 Å². The fourth-order valence-corrected chi connectivity index (χ4v) is 7.63. The van der Waals surface area contributed by atoms with Crippen LogP contribution in [-0.2, 0) is 14.6 Å². The van der Waals surface area contributed by atoms with Crippen LogP contribution in [0, 0.1) is 0 Å². The first-order chi connectivity index (χ1) is 15.8. The minimum absolute atomic E-state index is 0.00791. The number of sulfone groups is 1. The molecule has 1 spiro atoms. The molecule has 1 aromatic rings. The zero-order chi connectivity index (χ0) is 23.5. The van der Waals surface area contributed by atoms with Crippen LogP contribution in [0.4, 0.5) is 0 Å². The van der Waals surface area contributed by atoms with Crippen LogP contribution in [0.2, 0.25) is 0 Å². The SMILES string of the molecule is CC(=O)C1NC2(CCCCCCC2)C(c2ccc(S(C)(=O)=O)cc2)NC1NCC1CCCS1. The molecule has 2 saturated heterocycles. The summed E-state index contributed by atoms with van der Waals surface area (Å²) in [5.41, 5.74) is 0.864. The zero-order valence-corrected chi connectivity index (χ0v) is 21.6. The van der Waals surface area contributed by atoms with Crippen LogP contribution in [0.5, 0.6) is 0 Å². The van der Waals surface area contributed by atoms with Crippen LogP contribution < -0.4 is 16.0 Å². The summed E-state index contributed by atoms with van der Waals surface area (Å²) >= 11 is 2.02. The predicted octanol–water partition coefficient (Wildman–Crippen LogP) is 3.58. The van der Waals surface area contributed by atoms with Gasteiger partial charge in [0.2, 0.25) is 0 Å². The first-order valence-electron chi connectivity index (χ1n) is 12.5. The van der Waals surface area contributed by atoms with Gasteiger partial charge in [0, 0.05) is 23.6 Å². The Hall–Kier alpha value is -0.930. The molecule has 3 aliphatic rings. The third kappa shape index (κ3) is 6.01. The molecule has 6 nitrogen and oxygen atoms in total. The Labute approximate surface area is 203 Å². The third-order valence-electron chi connectivity index (χ3n) is 7.59. The minimum Gasteiger partial charge on any atom is -0.299 e. The number of Topliss-reactive ketones (excluding diaryl/α,β-unsaturated/α-hetero) is 1. The van der Waals surface area contributed by atoms with E-state index >= 15 is 0 Å². The van der Waals surface area contributed by atoms with Crippen molar-refractivity contribution in [2.75, 3.05) is 18.6 Å². The van der Waals surface area contributed by atoms with Gasteiger partial charge in [-0.25, -0.2) is 8.42 Å². The smallest absolute Gasteiger partial charge is 0.175 e. The number of thioether (sulfide) groups is 1. The van der Waals surface area contributed by atoms with Crippen molar-refractivity contribution in [3.8, 4) is 0 Å². The highest BCUT2D eigenvalue weighted by molar-refractivity contribution is 8.00. The molecule has 3 N–H and O–H groups in total. The third-order valence-corrected chi connectivity index (χ3v) is 10.1. The van der Waals surface area contributed by atoms with E-state index in [9.17, 15) is 13.2 Å². The number of ketones is 1. The average Bonchev–Trinajstić information content (AvgIpc) is 3.28. The van der Waals surface area contributed by atoms with Gasteiger partial charge in [0.15, 0.2) is 9.84 Å². The highest BCUT2D eigenvalue weighted by atomic mass is 32.2. The largest absolute Gasteiger partial charge is 0.299 e. The number of hydrogen-bond acceptors (Lipinski definition) is 7. The van der Waals surface area contributed by atoms with E-state index in [0.717, 1.165) is 37.8 Å². The lowest BCUT2D eigenvalue weighted by molar-refractivity contribution is -0.122. The maximum absolute atomic E-state index is 12.8. The van der Waals surface area contributed by atoms with Gasteiger partial charge in [-0.3, -0.25) is 20.7 Å². The first-order valence-corrected chi connectivity index (χ1v) is 15.4. The summed E-state index contributed by atoms with van der Waals surface area (Å²) in [7, 11) is -3.24. The van der Waals surface area contributed by atoms with Crippen molar-refractivity contribution in [1.82, 2.24) is 16.0 Å². The number of benzene rings is 1. The quantitative estimate of drug-likeness (QED) is 0.558. The molecule has 0 bridgehead atoms. The lowest BCUT2D eigenvalue weighted by Crippen LogP contribution is -2.74. The second kappa shape index (κ2) is 10.8. The maximum atomic E-state index is 12.8. The van der Waals surface area contributed by atoms with Crippen LogP contribution in [0.3, 0.4) is 0 Å². The van der Waals surface area contributed by atoms with Crippen molar-refractivity contribution in [2.24, 2.45) is 0 Å². The summed E-state index contributed by atoms with van der Waals surface area (Å²) in [6, 6.07) is 7.08. The van der Waals surface area contributed by atoms with Gasteiger partial charge in [0.05, 0.1) is 23.1 Å². The molecule has 33 heavy (non-hydrogen) atoms. The van der Waals surface area contributed by atoms with Crippen molar-refractivity contribution >= 4 is 27.4 Å². The fraction of sp³-hybridized carbons (Fsp3) is 0.720. The summed E-state index contributed by atoms with van der Waals surface area (Å²) in [5.74, 6) is 1.38. The summed E-state index contributed by atoms with van der Waals surface area (Å²) in [5, 5.41) is 12.0. The van der Waals surface area contributed by atoms with Gasteiger partial charge in [-0.05, 0) is 56.1 Å². The second-order valence-corrected chi connectivity index (χ2v) is 13.5. The molecule has 2 aliphatic heterocycles. The molecular weight excluding hydrogens is 454 g/mol. The summed E-state index contributed by atoms with van der Waals surface area (Å²) in [6.07, 6.45) is 11.6. The summed E-state index contributed by atoms with van der Waals surface area (Å²) in [4.78, 5) is 13.1. The molecule has 4 rings (SSSR count). The molecule has 8 heteroatoms. The number of carbonyl (C=O) groups excluding carboxylic acids is 1. The van der Waals surface area contributed by atoms with E-state index in [-0.39, 0.29) is 29.6 Å². The Kier molecular flexibility index (Phi) is 8.22. The van der Waals surface area contributed by atoms with Gasteiger partial charge >= 0.3 is 0 Å².